The van der Waals surface area contributed by atoms with Gasteiger partial charge in [-0.2, -0.15) is 13.2 Å². The molecule has 1 fully saturated rings. The Balaban J connectivity index is 1.11. The third kappa shape index (κ3) is 6.55. The fraction of sp³-hybridized carbons (Fsp3) is 0.519. The molecule has 2 aliphatic heterocycles. The molecule has 2 aromatic rings. The first-order valence-corrected chi connectivity index (χ1v) is 12.4. The largest absolute Gasteiger partial charge is 0.416 e. The number of aliphatic hydroxyl groups excluding tert-OH is 1. The second-order valence-electron chi connectivity index (χ2n) is 9.64. The Hall–Kier alpha value is -2.58. The van der Waals surface area contributed by atoms with E-state index in [2.05, 4.69) is 9.80 Å². The van der Waals surface area contributed by atoms with Crippen molar-refractivity contribution in [3.63, 3.8) is 0 Å². The molecule has 1 saturated heterocycles. The molecule has 0 aromatic heterocycles. The molecular weight excluding hydrogens is 455 g/mol. The summed E-state index contributed by atoms with van der Waals surface area (Å²) in [5.41, 5.74) is 3.41. The van der Waals surface area contributed by atoms with E-state index in [0.717, 1.165) is 86.5 Å². The number of carbonyl (C=O) groups is 1. The van der Waals surface area contributed by atoms with Crippen molar-refractivity contribution in [3.8, 4) is 0 Å². The fourth-order valence-electron chi connectivity index (χ4n) is 4.89. The van der Waals surface area contributed by atoms with E-state index in [0.29, 0.717) is 19.5 Å². The van der Waals surface area contributed by atoms with Crippen molar-refractivity contribution in [2.24, 2.45) is 0 Å². The number of piperazine rings is 1. The highest BCUT2D eigenvalue weighted by Crippen LogP contribution is 2.31. The van der Waals surface area contributed by atoms with Crippen LogP contribution in [0.3, 0.4) is 0 Å². The summed E-state index contributed by atoms with van der Waals surface area (Å²) >= 11 is 0. The maximum absolute atomic E-state index is 12.8. The van der Waals surface area contributed by atoms with Crippen molar-refractivity contribution in [2.75, 3.05) is 37.6 Å². The van der Waals surface area contributed by atoms with Crippen LogP contribution in [0.2, 0.25) is 0 Å². The summed E-state index contributed by atoms with van der Waals surface area (Å²) in [5, 5.41) is 9.77. The normalized spacial score (nSPS) is 17.5. The van der Waals surface area contributed by atoms with Crippen molar-refractivity contribution < 1.29 is 23.1 Å². The Labute approximate surface area is 205 Å². The molecule has 190 valence electrons. The minimum Gasteiger partial charge on any atom is -0.389 e. The van der Waals surface area contributed by atoms with Crippen LogP contribution in [0.15, 0.2) is 42.5 Å². The van der Waals surface area contributed by atoms with Gasteiger partial charge >= 0.3 is 6.18 Å². The van der Waals surface area contributed by atoms with Gasteiger partial charge in [-0.05, 0) is 67.3 Å². The molecule has 35 heavy (non-hydrogen) atoms. The highest BCUT2D eigenvalue weighted by atomic mass is 19.4. The van der Waals surface area contributed by atoms with Gasteiger partial charge in [0.05, 0.1) is 11.7 Å². The molecule has 1 atom stereocenters. The Morgan fingerprint density at radius 2 is 1.63 bits per heavy atom. The number of rotatable bonds is 8. The van der Waals surface area contributed by atoms with Gasteiger partial charge < -0.3 is 14.9 Å². The molecule has 0 aliphatic carbocycles. The number of unbranched alkanes of at least 4 members (excludes halogenated alkanes) is 2. The molecule has 0 bridgehead atoms. The summed E-state index contributed by atoms with van der Waals surface area (Å²) in [6.45, 7) is 7.38. The monoisotopic (exact) mass is 489 g/mol. The van der Waals surface area contributed by atoms with Crippen LogP contribution in [-0.2, 0) is 24.1 Å². The van der Waals surface area contributed by atoms with E-state index >= 15 is 0 Å². The number of amides is 1. The van der Waals surface area contributed by atoms with Crippen LogP contribution in [0, 0.1) is 0 Å². The van der Waals surface area contributed by atoms with Gasteiger partial charge in [-0.1, -0.05) is 24.6 Å². The molecule has 8 heteroatoms. The van der Waals surface area contributed by atoms with Crippen molar-refractivity contribution in [1.82, 2.24) is 9.80 Å². The van der Waals surface area contributed by atoms with Crippen molar-refractivity contribution in [3.05, 3.63) is 64.7 Å². The zero-order valence-electron chi connectivity index (χ0n) is 20.2. The van der Waals surface area contributed by atoms with E-state index in [9.17, 15) is 23.1 Å². The molecule has 4 rings (SSSR count). The smallest absolute Gasteiger partial charge is 0.389 e. The van der Waals surface area contributed by atoms with Gasteiger partial charge in [0.25, 0.3) is 0 Å². The van der Waals surface area contributed by atoms with Crippen LogP contribution in [0.5, 0.6) is 0 Å². The molecule has 2 aliphatic rings. The quantitative estimate of drug-likeness (QED) is 0.531. The van der Waals surface area contributed by atoms with Crippen LogP contribution in [-0.4, -0.2) is 53.5 Å². The van der Waals surface area contributed by atoms with Gasteiger partial charge in [0.2, 0.25) is 5.91 Å². The summed E-state index contributed by atoms with van der Waals surface area (Å²) in [6.07, 6.45) is -1.35. The number of halogens is 3. The van der Waals surface area contributed by atoms with E-state index in [4.69, 9.17) is 0 Å². The van der Waals surface area contributed by atoms with Crippen molar-refractivity contribution >= 4 is 11.6 Å². The summed E-state index contributed by atoms with van der Waals surface area (Å²) in [4.78, 5) is 19.1. The van der Waals surface area contributed by atoms with E-state index in [1.54, 1.807) is 19.1 Å². The second kappa shape index (κ2) is 11.0. The van der Waals surface area contributed by atoms with Crippen LogP contribution < -0.4 is 4.90 Å². The number of aliphatic hydroxyl groups is 1. The SMILES string of the molecule is CC(O)c1ccc2c(c1)CN(C(=O)CCCCCN1CCN(c3ccc(C(F)(F)F)cc3)CC1)C2. The predicted molar refractivity (Wildman–Crippen MR) is 130 cm³/mol. The van der Waals surface area contributed by atoms with Gasteiger partial charge in [0.15, 0.2) is 0 Å². The van der Waals surface area contributed by atoms with Crippen molar-refractivity contribution in [1.29, 1.82) is 0 Å². The first-order valence-electron chi connectivity index (χ1n) is 12.4. The molecule has 1 N–H and O–H groups in total. The molecule has 1 amide bonds. The fourth-order valence-corrected chi connectivity index (χ4v) is 4.89. The molecule has 0 saturated carbocycles. The zero-order chi connectivity index (χ0) is 25.0. The minimum absolute atomic E-state index is 0.185. The standard InChI is InChI=1S/C27H34F3N3O2/c1-20(34)21-6-7-22-18-33(19-23(22)17-21)26(35)5-3-2-4-12-31-13-15-32(16-14-31)25-10-8-24(9-11-25)27(28,29)30/h6-11,17,20,34H,2-5,12-16,18-19H2,1H3. The van der Waals surface area contributed by atoms with Crippen LogP contribution >= 0.6 is 0 Å². The number of benzene rings is 2. The van der Waals surface area contributed by atoms with Gasteiger partial charge in [0, 0.05) is 51.4 Å². The van der Waals surface area contributed by atoms with E-state index < -0.39 is 17.8 Å². The molecular formula is C27H34F3N3O2. The lowest BCUT2D eigenvalue weighted by Gasteiger charge is -2.36. The van der Waals surface area contributed by atoms with E-state index in [-0.39, 0.29) is 5.91 Å². The Kier molecular flexibility index (Phi) is 8.02. The lowest BCUT2D eigenvalue weighted by molar-refractivity contribution is -0.137. The maximum atomic E-state index is 12.8. The highest BCUT2D eigenvalue weighted by molar-refractivity contribution is 5.77. The number of alkyl halides is 3. The van der Waals surface area contributed by atoms with Crippen LogP contribution in [0.1, 0.15) is 61.0 Å². The summed E-state index contributed by atoms with van der Waals surface area (Å²) in [7, 11) is 0. The average molecular weight is 490 g/mol. The number of nitrogens with zero attached hydrogens (tertiary/aromatic N) is 3. The van der Waals surface area contributed by atoms with Gasteiger partial charge in [0.1, 0.15) is 0 Å². The summed E-state index contributed by atoms with van der Waals surface area (Å²) in [6, 6.07) is 11.4. The van der Waals surface area contributed by atoms with E-state index in [1.807, 2.05) is 23.1 Å². The first-order chi connectivity index (χ1) is 16.7. The van der Waals surface area contributed by atoms with Gasteiger partial charge in [-0.25, -0.2) is 0 Å². The number of hydrogen-bond acceptors (Lipinski definition) is 4. The van der Waals surface area contributed by atoms with Gasteiger partial charge in [-0.15, -0.1) is 0 Å². The highest BCUT2D eigenvalue weighted by Gasteiger charge is 2.30. The third-order valence-corrected chi connectivity index (χ3v) is 7.08. The molecule has 0 radical (unpaired) electrons. The average Bonchev–Trinajstić information content (AvgIpc) is 3.27. The number of anilines is 1. The second-order valence-corrected chi connectivity index (χ2v) is 9.64. The maximum Gasteiger partial charge on any atom is 0.416 e. The Bertz CT molecular complexity index is 1000. The van der Waals surface area contributed by atoms with E-state index in [1.165, 1.54) is 0 Å². The predicted octanol–water partition coefficient (Wildman–Crippen LogP) is 4.98. The van der Waals surface area contributed by atoms with Gasteiger partial charge in [-0.3, -0.25) is 9.69 Å². The first kappa shape index (κ1) is 25.5. The lowest BCUT2D eigenvalue weighted by atomic mass is 10.0. The number of carbonyl (C=O) groups excluding carboxylic acids is 1. The Morgan fingerprint density at radius 3 is 2.29 bits per heavy atom. The zero-order valence-corrected chi connectivity index (χ0v) is 20.2. The molecule has 5 nitrogen and oxygen atoms in total. The summed E-state index contributed by atoms with van der Waals surface area (Å²) < 4.78 is 38.3. The molecule has 1 unspecified atom stereocenters. The topological polar surface area (TPSA) is 47.0 Å². The number of fused-ring (bicyclic) bond motifs is 1. The van der Waals surface area contributed by atoms with Crippen molar-refractivity contribution in [2.45, 2.75) is 58.0 Å². The summed E-state index contributed by atoms with van der Waals surface area (Å²) in [5.74, 6) is 0.185. The lowest BCUT2D eigenvalue weighted by Crippen LogP contribution is -2.46. The minimum atomic E-state index is -4.30. The Morgan fingerprint density at radius 1 is 0.943 bits per heavy atom. The molecule has 2 aromatic carbocycles. The molecule has 0 spiro atoms. The third-order valence-electron chi connectivity index (χ3n) is 7.08. The van der Waals surface area contributed by atoms with Crippen LogP contribution in [0.4, 0.5) is 18.9 Å². The number of hydrogen-bond donors (Lipinski definition) is 1. The molecule has 2 heterocycles. The van der Waals surface area contributed by atoms with Crippen LogP contribution in [0.25, 0.3) is 0 Å².